The molecule has 1 aliphatic rings. The summed E-state index contributed by atoms with van der Waals surface area (Å²) in [6.45, 7) is 5.94. The second-order valence-corrected chi connectivity index (χ2v) is 6.92. The maximum Gasteiger partial charge on any atom is 0.317 e. The number of furan rings is 1. The number of carbonyl (C=O) groups excluding carboxylic acids is 1. The SMILES string of the molecule is CCN(CC(=O)O)C1CCN(C(=O)[C@@H](C)c2cc3ccccc3o2)CC1. The number of benzene rings is 1. The molecule has 1 atom stereocenters. The van der Waals surface area contributed by atoms with Gasteiger partial charge in [0.15, 0.2) is 0 Å². The normalized spacial score (nSPS) is 17.0. The topological polar surface area (TPSA) is 74.0 Å². The van der Waals surface area contributed by atoms with Gasteiger partial charge in [0.25, 0.3) is 0 Å². The summed E-state index contributed by atoms with van der Waals surface area (Å²) in [5, 5.41) is 10.0. The largest absolute Gasteiger partial charge is 0.480 e. The first kappa shape index (κ1) is 18.5. The van der Waals surface area contributed by atoms with E-state index in [1.807, 2.05) is 54.0 Å². The van der Waals surface area contributed by atoms with Crippen LogP contribution in [0.2, 0.25) is 0 Å². The van der Waals surface area contributed by atoms with E-state index in [0.717, 1.165) is 23.8 Å². The monoisotopic (exact) mass is 358 g/mol. The van der Waals surface area contributed by atoms with Gasteiger partial charge in [0.05, 0.1) is 12.5 Å². The van der Waals surface area contributed by atoms with Crippen molar-refractivity contribution in [2.24, 2.45) is 0 Å². The molecule has 0 spiro atoms. The van der Waals surface area contributed by atoms with Gasteiger partial charge in [0.1, 0.15) is 11.3 Å². The Morgan fingerprint density at radius 3 is 2.62 bits per heavy atom. The van der Waals surface area contributed by atoms with Crippen LogP contribution in [0.1, 0.15) is 38.4 Å². The lowest BCUT2D eigenvalue weighted by atomic mass is 10.00. The van der Waals surface area contributed by atoms with Crippen LogP contribution >= 0.6 is 0 Å². The number of hydrogen-bond acceptors (Lipinski definition) is 4. The highest BCUT2D eigenvalue weighted by atomic mass is 16.4. The Bertz CT molecular complexity index is 744. The third-order valence-corrected chi connectivity index (χ3v) is 5.28. The smallest absolute Gasteiger partial charge is 0.317 e. The molecule has 1 N–H and O–H groups in total. The van der Waals surface area contributed by atoms with E-state index in [4.69, 9.17) is 9.52 Å². The summed E-state index contributed by atoms with van der Waals surface area (Å²) in [7, 11) is 0. The Hall–Kier alpha value is -2.34. The fourth-order valence-electron chi connectivity index (χ4n) is 3.74. The van der Waals surface area contributed by atoms with Gasteiger partial charge in [0, 0.05) is 24.5 Å². The van der Waals surface area contributed by atoms with Crippen LogP contribution in [-0.4, -0.2) is 59.0 Å². The first-order valence-corrected chi connectivity index (χ1v) is 9.22. The number of carboxylic acid groups (broad SMARTS) is 1. The molecule has 6 nitrogen and oxygen atoms in total. The lowest BCUT2D eigenvalue weighted by molar-refractivity contribution is -0.140. The number of nitrogens with zero attached hydrogens (tertiary/aromatic N) is 2. The molecular weight excluding hydrogens is 332 g/mol. The predicted octanol–water partition coefficient (Wildman–Crippen LogP) is 2.93. The van der Waals surface area contributed by atoms with Crippen LogP contribution in [0.25, 0.3) is 11.0 Å². The first-order chi connectivity index (χ1) is 12.5. The highest BCUT2D eigenvalue weighted by Gasteiger charge is 2.30. The summed E-state index contributed by atoms with van der Waals surface area (Å²) < 4.78 is 5.84. The number of rotatable bonds is 6. The molecular formula is C20H26N2O4. The number of amides is 1. The Balaban J connectivity index is 1.61. The number of carbonyl (C=O) groups is 2. The molecule has 1 aromatic heterocycles. The van der Waals surface area contributed by atoms with Gasteiger partial charge in [-0.05, 0) is 38.4 Å². The summed E-state index contributed by atoms with van der Waals surface area (Å²) in [4.78, 5) is 27.7. The summed E-state index contributed by atoms with van der Waals surface area (Å²) in [6.07, 6.45) is 1.61. The first-order valence-electron chi connectivity index (χ1n) is 9.22. The number of fused-ring (bicyclic) bond motifs is 1. The van der Waals surface area contributed by atoms with Gasteiger partial charge in [-0.25, -0.2) is 0 Å². The summed E-state index contributed by atoms with van der Waals surface area (Å²) in [6, 6.07) is 9.92. The van der Waals surface area contributed by atoms with Crippen LogP contribution in [0.3, 0.4) is 0 Å². The minimum Gasteiger partial charge on any atom is -0.480 e. The maximum absolute atomic E-state index is 12.9. The Labute approximate surface area is 153 Å². The lowest BCUT2D eigenvalue weighted by Crippen LogP contribution is -2.48. The van der Waals surface area contributed by atoms with Crippen molar-refractivity contribution in [3.63, 3.8) is 0 Å². The average molecular weight is 358 g/mol. The van der Waals surface area contributed by atoms with Gasteiger partial charge >= 0.3 is 5.97 Å². The van der Waals surface area contributed by atoms with E-state index in [9.17, 15) is 9.59 Å². The van der Waals surface area contributed by atoms with Crippen LogP contribution in [0, 0.1) is 0 Å². The summed E-state index contributed by atoms with van der Waals surface area (Å²) in [5.41, 5.74) is 0.799. The molecule has 0 aliphatic carbocycles. The number of likely N-dealkylation sites (N-methyl/N-ethyl adjacent to an activating group) is 1. The van der Waals surface area contributed by atoms with Crippen LogP contribution in [0.5, 0.6) is 0 Å². The van der Waals surface area contributed by atoms with E-state index in [2.05, 4.69) is 0 Å². The van der Waals surface area contributed by atoms with Gasteiger partial charge in [-0.15, -0.1) is 0 Å². The number of aliphatic carboxylic acids is 1. The van der Waals surface area contributed by atoms with Crippen molar-refractivity contribution in [3.05, 3.63) is 36.1 Å². The Morgan fingerprint density at radius 1 is 1.31 bits per heavy atom. The lowest BCUT2D eigenvalue weighted by Gasteiger charge is -2.38. The van der Waals surface area contributed by atoms with E-state index < -0.39 is 5.97 Å². The molecule has 2 heterocycles. The molecule has 1 aromatic carbocycles. The van der Waals surface area contributed by atoms with Gasteiger partial charge in [-0.2, -0.15) is 0 Å². The summed E-state index contributed by atoms with van der Waals surface area (Å²) >= 11 is 0. The quantitative estimate of drug-likeness (QED) is 0.859. The zero-order chi connectivity index (χ0) is 18.7. The van der Waals surface area contributed by atoms with E-state index in [1.54, 1.807) is 0 Å². The minimum absolute atomic E-state index is 0.0600. The number of likely N-dealkylation sites (tertiary alicyclic amines) is 1. The molecule has 26 heavy (non-hydrogen) atoms. The van der Waals surface area contributed by atoms with Crippen molar-refractivity contribution in [3.8, 4) is 0 Å². The highest BCUT2D eigenvalue weighted by molar-refractivity contribution is 5.85. The standard InChI is InChI=1S/C20H26N2O4/c1-3-21(13-19(23)24)16-8-10-22(11-9-16)20(25)14(2)18-12-15-6-4-5-7-17(15)26-18/h4-7,12,14,16H,3,8-11,13H2,1-2H3,(H,23,24)/t14-/m0/s1. The molecule has 0 unspecified atom stereocenters. The Kier molecular flexibility index (Phi) is 5.61. The highest BCUT2D eigenvalue weighted by Crippen LogP contribution is 2.27. The van der Waals surface area contributed by atoms with Crippen molar-refractivity contribution in [1.29, 1.82) is 0 Å². The third-order valence-electron chi connectivity index (χ3n) is 5.28. The fraction of sp³-hybridized carbons (Fsp3) is 0.500. The summed E-state index contributed by atoms with van der Waals surface area (Å²) in [5.74, 6) is -0.354. The second-order valence-electron chi connectivity index (χ2n) is 6.92. The van der Waals surface area contributed by atoms with Crippen molar-refractivity contribution in [2.45, 2.75) is 38.6 Å². The maximum atomic E-state index is 12.9. The van der Waals surface area contributed by atoms with E-state index in [-0.39, 0.29) is 24.4 Å². The van der Waals surface area contributed by atoms with Crippen LogP contribution < -0.4 is 0 Å². The molecule has 1 aliphatic heterocycles. The van der Waals surface area contributed by atoms with E-state index in [0.29, 0.717) is 25.4 Å². The van der Waals surface area contributed by atoms with Crippen molar-refractivity contribution >= 4 is 22.8 Å². The van der Waals surface area contributed by atoms with Crippen molar-refractivity contribution in [1.82, 2.24) is 9.80 Å². The van der Waals surface area contributed by atoms with Crippen molar-refractivity contribution < 1.29 is 19.1 Å². The number of hydrogen-bond donors (Lipinski definition) is 1. The van der Waals surface area contributed by atoms with E-state index >= 15 is 0 Å². The number of para-hydroxylation sites is 1. The fourth-order valence-corrected chi connectivity index (χ4v) is 3.74. The molecule has 1 amide bonds. The molecule has 1 saturated heterocycles. The minimum atomic E-state index is -0.802. The van der Waals surface area contributed by atoms with Crippen LogP contribution in [0.4, 0.5) is 0 Å². The molecule has 1 fully saturated rings. The molecule has 2 aromatic rings. The van der Waals surface area contributed by atoms with Gasteiger partial charge < -0.3 is 14.4 Å². The van der Waals surface area contributed by atoms with Crippen LogP contribution in [0.15, 0.2) is 34.7 Å². The van der Waals surface area contributed by atoms with E-state index in [1.165, 1.54) is 0 Å². The van der Waals surface area contributed by atoms with Crippen LogP contribution in [-0.2, 0) is 9.59 Å². The van der Waals surface area contributed by atoms with Gasteiger partial charge in [0.2, 0.25) is 5.91 Å². The molecule has 0 saturated carbocycles. The van der Waals surface area contributed by atoms with Gasteiger partial charge in [-0.3, -0.25) is 14.5 Å². The molecule has 0 radical (unpaired) electrons. The third kappa shape index (κ3) is 3.90. The zero-order valence-corrected chi connectivity index (χ0v) is 15.4. The number of carboxylic acids is 1. The zero-order valence-electron chi connectivity index (χ0n) is 15.4. The second kappa shape index (κ2) is 7.91. The molecule has 140 valence electrons. The van der Waals surface area contributed by atoms with Gasteiger partial charge in [-0.1, -0.05) is 25.1 Å². The number of piperidine rings is 1. The molecule has 3 rings (SSSR count). The molecule has 6 heteroatoms. The average Bonchev–Trinajstić information content (AvgIpc) is 3.09. The van der Waals surface area contributed by atoms with Crippen molar-refractivity contribution in [2.75, 3.05) is 26.2 Å². The predicted molar refractivity (Wildman–Crippen MR) is 99.1 cm³/mol. The molecule has 0 bridgehead atoms. The Morgan fingerprint density at radius 2 is 2.00 bits per heavy atom.